The first kappa shape index (κ1) is 14.3. The molecule has 9 heteroatoms. The summed E-state index contributed by atoms with van der Waals surface area (Å²) in [6, 6.07) is 0. The van der Waals surface area contributed by atoms with Crippen LogP contribution in [-0.4, -0.2) is 42.2 Å². The van der Waals surface area contributed by atoms with Crippen LogP contribution < -0.4 is 0 Å². The molecule has 0 fully saturated rings. The smallest absolute Gasteiger partial charge is 0.300 e. The van der Waals surface area contributed by atoms with Crippen molar-refractivity contribution in [1.82, 2.24) is 14.7 Å². The first-order valence-electron chi connectivity index (χ1n) is 5.63. The zero-order valence-corrected chi connectivity index (χ0v) is 11.3. The van der Waals surface area contributed by atoms with Crippen molar-refractivity contribution in [1.29, 1.82) is 0 Å². The summed E-state index contributed by atoms with van der Waals surface area (Å²) < 4.78 is 61.0. The summed E-state index contributed by atoms with van der Waals surface area (Å²) in [6.07, 6.45) is 0.516. The zero-order valence-electron chi connectivity index (χ0n) is 10.5. The average Bonchev–Trinajstić information content (AvgIpc) is 2.52. The van der Waals surface area contributed by atoms with Crippen LogP contribution in [0.5, 0.6) is 0 Å². The monoisotopic (exact) mass is 297 g/mol. The van der Waals surface area contributed by atoms with Gasteiger partial charge in [-0.15, -0.1) is 0 Å². The first-order valence-corrected chi connectivity index (χ1v) is 7.28. The molecule has 0 aromatic carbocycles. The van der Waals surface area contributed by atoms with Gasteiger partial charge in [0, 0.05) is 25.7 Å². The lowest BCUT2D eigenvalue weighted by molar-refractivity contribution is -0.0438. The van der Waals surface area contributed by atoms with Crippen molar-refractivity contribution in [2.24, 2.45) is 7.05 Å². The molecule has 108 valence electrons. The minimum absolute atomic E-state index is 0.139. The van der Waals surface area contributed by atoms with Gasteiger partial charge in [0.1, 0.15) is 5.75 Å². The predicted molar refractivity (Wildman–Crippen MR) is 61.9 cm³/mol. The number of aromatic nitrogens is 2. The van der Waals surface area contributed by atoms with Gasteiger partial charge in [-0.25, -0.2) is 8.42 Å². The number of hydrogen-bond donors (Lipinski definition) is 0. The Labute approximate surface area is 108 Å². The molecule has 19 heavy (non-hydrogen) atoms. The van der Waals surface area contributed by atoms with Crippen LogP contribution >= 0.6 is 0 Å². The second-order valence-corrected chi connectivity index (χ2v) is 6.67. The fourth-order valence-corrected chi connectivity index (χ4v) is 3.04. The number of halogens is 3. The molecule has 1 aromatic rings. The highest BCUT2D eigenvalue weighted by Crippen LogP contribution is 2.29. The molecule has 2 rings (SSSR count). The summed E-state index contributed by atoms with van der Waals surface area (Å²) in [5, 5.41) is 4.11. The number of aryl methyl sites for hydroxylation is 1. The van der Waals surface area contributed by atoms with E-state index in [0.717, 1.165) is 0 Å². The highest BCUT2D eigenvalue weighted by molar-refractivity contribution is 7.91. The van der Waals surface area contributed by atoms with E-state index in [4.69, 9.17) is 0 Å². The Bertz CT molecular complexity index is 592. The van der Waals surface area contributed by atoms with Gasteiger partial charge < -0.3 is 4.90 Å². The fourth-order valence-electron chi connectivity index (χ4n) is 2.16. The number of hydrogen-bond acceptors (Lipinski definition) is 4. The van der Waals surface area contributed by atoms with E-state index >= 15 is 0 Å². The van der Waals surface area contributed by atoms with E-state index in [1.807, 2.05) is 11.9 Å². The van der Waals surface area contributed by atoms with E-state index in [1.54, 1.807) is 0 Å². The molecule has 0 amide bonds. The molecule has 0 spiro atoms. The molecule has 0 bridgehead atoms. The van der Waals surface area contributed by atoms with Crippen molar-refractivity contribution >= 4 is 9.84 Å². The SMILES string of the molecule is CN1CCc2c(nn(C)c2CS(=O)(=O)C(F)(F)F)C1. The first-order chi connectivity index (χ1) is 8.62. The molecule has 0 aliphatic carbocycles. The third kappa shape index (κ3) is 2.62. The van der Waals surface area contributed by atoms with Crippen LogP contribution in [0, 0.1) is 0 Å². The summed E-state index contributed by atoms with van der Waals surface area (Å²) in [6.45, 7) is 1.20. The summed E-state index contributed by atoms with van der Waals surface area (Å²) in [4.78, 5) is 1.98. The van der Waals surface area contributed by atoms with Gasteiger partial charge in [0.2, 0.25) is 0 Å². The van der Waals surface area contributed by atoms with Gasteiger partial charge in [0.05, 0.1) is 11.4 Å². The molecule has 1 aliphatic heterocycles. The van der Waals surface area contributed by atoms with E-state index in [0.29, 0.717) is 30.8 Å². The van der Waals surface area contributed by atoms with Crippen molar-refractivity contribution in [3.8, 4) is 0 Å². The number of fused-ring (bicyclic) bond motifs is 1. The Balaban J connectivity index is 2.38. The molecule has 5 nitrogen and oxygen atoms in total. The minimum Gasteiger partial charge on any atom is -0.300 e. The largest absolute Gasteiger partial charge is 0.497 e. The lowest BCUT2D eigenvalue weighted by Gasteiger charge is -2.21. The maximum absolute atomic E-state index is 12.4. The number of rotatable bonds is 2. The Morgan fingerprint density at radius 3 is 2.53 bits per heavy atom. The Kier molecular flexibility index (Phi) is 3.38. The summed E-state index contributed by atoms with van der Waals surface area (Å²) in [5.41, 5.74) is -3.80. The quantitative estimate of drug-likeness (QED) is 0.812. The van der Waals surface area contributed by atoms with Gasteiger partial charge in [-0.2, -0.15) is 18.3 Å². The third-order valence-electron chi connectivity index (χ3n) is 3.20. The second kappa shape index (κ2) is 4.48. The van der Waals surface area contributed by atoms with Gasteiger partial charge in [-0.3, -0.25) is 4.68 Å². The van der Waals surface area contributed by atoms with Crippen LogP contribution in [0.2, 0.25) is 0 Å². The van der Waals surface area contributed by atoms with Crippen LogP contribution in [0.25, 0.3) is 0 Å². The summed E-state index contributed by atoms with van der Waals surface area (Å²) >= 11 is 0. The minimum atomic E-state index is -5.23. The van der Waals surface area contributed by atoms with Crippen molar-refractivity contribution < 1.29 is 21.6 Å². The third-order valence-corrected chi connectivity index (χ3v) is 4.56. The predicted octanol–water partition coefficient (Wildman–Crippen LogP) is 0.843. The second-order valence-electron chi connectivity index (χ2n) is 4.69. The van der Waals surface area contributed by atoms with E-state index < -0.39 is 21.1 Å². The zero-order chi connectivity index (χ0) is 14.4. The van der Waals surface area contributed by atoms with E-state index in [9.17, 15) is 21.6 Å². The van der Waals surface area contributed by atoms with Crippen LogP contribution in [0.4, 0.5) is 13.2 Å². The lowest BCUT2D eigenvalue weighted by Crippen LogP contribution is -2.28. The summed E-state index contributed by atoms with van der Waals surface area (Å²) in [5.74, 6) is -1.04. The molecule has 0 N–H and O–H groups in total. The van der Waals surface area contributed by atoms with Crippen LogP contribution in [0.1, 0.15) is 17.0 Å². The number of sulfone groups is 1. The Hall–Kier alpha value is -1.09. The average molecular weight is 297 g/mol. The highest BCUT2D eigenvalue weighted by Gasteiger charge is 2.46. The topological polar surface area (TPSA) is 55.2 Å². The molecule has 2 heterocycles. The lowest BCUT2D eigenvalue weighted by atomic mass is 10.1. The molecule has 0 saturated carbocycles. The standard InChI is InChI=1S/C10H14F3N3O2S/c1-15-4-3-7-8(5-15)14-16(2)9(7)6-19(17,18)10(11,12)13/h3-6H2,1-2H3. The van der Waals surface area contributed by atoms with Gasteiger partial charge in [-0.05, 0) is 13.5 Å². The van der Waals surface area contributed by atoms with Crippen LogP contribution in [0.3, 0.4) is 0 Å². The van der Waals surface area contributed by atoms with Gasteiger partial charge >= 0.3 is 5.51 Å². The van der Waals surface area contributed by atoms with Gasteiger partial charge in [0.25, 0.3) is 9.84 Å². The van der Waals surface area contributed by atoms with Gasteiger partial charge in [0.15, 0.2) is 0 Å². The van der Waals surface area contributed by atoms with Crippen molar-refractivity contribution in [2.45, 2.75) is 24.2 Å². The highest BCUT2D eigenvalue weighted by atomic mass is 32.2. The Morgan fingerprint density at radius 2 is 1.95 bits per heavy atom. The van der Waals surface area contributed by atoms with Crippen molar-refractivity contribution in [3.05, 3.63) is 17.0 Å². The molecule has 1 aromatic heterocycles. The van der Waals surface area contributed by atoms with Crippen molar-refractivity contribution in [3.63, 3.8) is 0 Å². The maximum Gasteiger partial charge on any atom is 0.497 e. The number of nitrogens with zero attached hydrogens (tertiary/aromatic N) is 3. The Morgan fingerprint density at radius 1 is 1.32 bits per heavy atom. The number of alkyl halides is 3. The molecular formula is C10H14F3N3O2S. The maximum atomic E-state index is 12.4. The molecule has 0 radical (unpaired) electrons. The summed E-state index contributed by atoms with van der Waals surface area (Å²) in [7, 11) is -1.81. The van der Waals surface area contributed by atoms with E-state index in [1.165, 1.54) is 11.7 Å². The number of likely N-dealkylation sites (N-methyl/N-ethyl adjacent to an activating group) is 1. The van der Waals surface area contributed by atoms with E-state index in [-0.39, 0.29) is 5.69 Å². The van der Waals surface area contributed by atoms with E-state index in [2.05, 4.69) is 5.10 Å². The molecular weight excluding hydrogens is 283 g/mol. The fraction of sp³-hybridized carbons (Fsp3) is 0.700. The molecule has 1 aliphatic rings. The van der Waals surface area contributed by atoms with Crippen molar-refractivity contribution in [2.75, 3.05) is 13.6 Å². The molecule has 0 atom stereocenters. The normalized spacial score (nSPS) is 17.5. The van der Waals surface area contributed by atoms with Gasteiger partial charge in [-0.1, -0.05) is 0 Å². The molecule has 0 saturated heterocycles. The molecule has 0 unspecified atom stereocenters. The van der Waals surface area contributed by atoms with Crippen LogP contribution in [-0.2, 0) is 35.6 Å². The van der Waals surface area contributed by atoms with Crippen LogP contribution in [0.15, 0.2) is 0 Å².